The first kappa shape index (κ1) is 13.9. The molecule has 0 spiro atoms. The molecular weight excluding hydrogens is 294 g/mol. The molecule has 1 aromatic carbocycles. The van der Waals surface area contributed by atoms with Crippen LogP contribution < -0.4 is 16.4 Å². The summed E-state index contributed by atoms with van der Waals surface area (Å²) in [4.78, 5) is 27.0. The van der Waals surface area contributed by atoms with Gasteiger partial charge in [-0.2, -0.15) is 8.78 Å². The third-order valence-electron chi connectivity index (χ3n) is 3.15. The summed E-state index contributed by atoms with van der Waals surface area (Å²) in [7, 11) is 0. The average Bonchev–Trinajstić information content (AvgIpc) is 2.70. The number of anilines is 3. The second kappa shape index (κ2) is 4.76. The Morgan fingerprint density at radius 2 is 2.05 bits per heavy atom. The summed E-state index contributed by atoms with van der Waals surface area (Å²) in [6, 6.07) is 8.28. The minimum atomic E-state index is -3.62. The normalized spacial score (nSPS) is 15.1. The first-order valence-corrected chi connectivity index (χ1v) is 6.25. The minimum absolute atomic E-state index is 0.0232. The number of alkyl halides is 2. The van der Waals surface area contributed by atoms with E-state index in [-0.39, 0.29) is 22.9 Å². The average molecular weight is 304 g/mol. The van der Waals surface area contributed by atoms with E-state index < -0.39 is 23.3 Å². The quantitative estimate of drug-likeness (QED) is 0.790. The molecule has 2 aromatic rings. The van der Waals surface area contributed by atoms with Crippen molar-refractivity contribution in [2.75, 3.05) is 16.4 Å². The number of pyridine rings is 1. The third-order valence-corrected chi connectivity index (χ3v) is 3.15. The van der Waals surface area contributed by atoms with Crippen LogP contribution in [-0.2, 0) is 10.7 Å². The second-order valence-corrected chi connectivity index (χ2v) is 4.69. The van der Waals surface area contributed by atoms with Gasteiger partial charge in [0.1, 0.15) is 11.5 Å². The van der Waals surface area contributed by atoms with E-state index in [2.05, 4.69) is 15.6 Å². The summed E-state index contributed by atoms with van der Waals surface area (Å²) in [5.41, 5.74) is 5.21. The molecule has 0 fully saturated rings. The number of rotatable bonds is 2. The monoisotopic (exact) mass is 304 g/mol. The number of hydrogen-bond donors (Lipinski definition) is 3. The molecule has 1 aliphatic heterocycles. The highest BCUT2D eigenvalue weighted by Crippen LogP contribution is 2.41. The highest BCUT2D eigenvalue weighted by Gasteiger charge is 2.48. The Kier molecular flexibility index (Phi) is 3.01. The molecular formula is C14H10F2N4O2. The van der Waals surface area contributed by atoms with Gasteiger partial charge in [-0.1, -0.05) is 6.07 Å². The van der Waals surface area contributed by atoms with Crippen LogP contribution in [0, 0.1) is 0 Å². The Bertz CT molecular complexity index is 792. The molecule has 0 saturated carbocycles. The lowest BCUT2D eigenvalue weighted by Crippen LogP contribution is -2.23. The number of nitrogen functional groups attached to an aromatic ring is 1. The highest BCUT2D eigenvalue weighted by molar-refractivity contribution is 6.06. The van der Waals surface area contributed by atoms with E-state index >= 15 is 0 Å². The number of amides is 2. The van der Waals surface area contributed by atoms with Crippen molar-refractivity contribution < 1.29 is 18.4 Å². The molecule has 0 radical (unpaired) electrons. The fraction of sp³-hybridized carbons (Fsp3) is 0.0714. The molecule has 0 saturated heterocycles. The number of benzene rings is 1. The van der Waals surface area contributed by atoms with Gasteiger partial charge >= 0.3 is 5.92 Å². The Morgan fingerprint density at radius 3 is 2.77 bits per heavy atom. The lowest BCUT2D eigenvalue weighted by molar-refractivity contribution is -0.139. The van der Waals surface area contributed by atoms with Crippen molar-refractivity contribution in [2.24, 2.45) is 0 Å². The van der Waals surface area contributed by atoms with Crippen molar-refractivity contribution in [1.29, 1.82) is 0 Å². The molecule has 6 nitrogen and oxygen atoms in total. The molecule has 8 heteroatoms. The number of carbonyl (C=O) groups excluding carboxylic acids is 2. The van der Waals surface area contributed by atoms with Gasteiger partial charge in [0.25, 0.3) is 11.8 Å². The summed E-state index contributed by atoms with van der Waals surface area (Å²) < 4.78 is 27.3. The molecule has 112 valence electrons. The molecule has 0 unspecified atom stereocenters. The van der Waals surface area contributed by atoms with Crippen molar-refractivity contribution in [1.82, 2.24) is 4.98 Å². The van der Waals surface area contributed by atoms with Gasteiger partial charge in [-0.15, -0.1) is 0 Å². The van der Waals surface area contributed by atoms with Gasteiger partial charge in [0.15, 0.2) is 0 Å². The summed E-state index contributed by atoms with van der Waals surface area (Å²) >= 11 is 0. The number of nitrogens with one attached hydrogen (secondary N) is 2. The van der Waals surface area contributed by atoms with Gasteiger partial charge < -0.3 is 16.4 Å². The van der Waals surface area contributed by atoms with Crippen LogP contribution in [0.25, 0.3) is 0 Å². The van der Waals surface area contributed by atoms with Crippen LogP contribution in [0.1, 0.15) is 16.1 Å². The molecule has 3 rings (SSSR count). The maximum Gasteiger partial charge on any atom is 0.352 e. The van der Waals surface area contributed by atoms with Crippen molar-refractivity contribution in [2.45, 2.75) is 5.92 Å². The van der Waals surface area contributed by atoms with Gasteiger partial charge in [-0.05, 0) is 30.3 Å². The summed E-state index contributed by atoms with van der Waals surface area (Å²) in [6.07, 6.45) is 0. The standard InChI is InChI=1S/C14H10F2N4O2/c15-14(16)8-6-7(4-5-9(8)20-13(14)22)18-12(21)10-2-1-3-11(17)19-10/h1-6H,(H2,17,19)(H,18,21)(H,20,22). The first-order valence-electron chi connectivity index (χ1n) is 6.25. The third kappa shape index (κ3) is 2.24. The van der Waals surface area contributed by atoms with Gasteiger partial charge in [0, 0.05) is 5.69 Å². The maximum absolute atomic E-state index is 13.7. The largest absolute Gasteiger partial charge is 0.384 e. The van der Waals surface area contributed by atoms with E-state index in [4.69, 9.17) is 5.73 Å². The lowest BCUT2D eigenvalue weighted by atomic mass is 10.1. The fourth-order valence-corrected chi connectivity index (χ4v) is 2.09. The molecule has 2 amide bonds. The number of carbonyl (C=O) groups is 2. The van der Waals surface area contributed by atoms with E-state index in [1.165, 1.54) is 24.3 Å². The van der Waals surface area contributed by atoms with Gasteiger partial charge in [-0.25, -0.2) is 4.98 Å². The van der Waals surface area contributed by atoms with Crippen LogP contribution in [0.15, 0.2) is 36.4 Å². The smallest absolute Gasteiger partial charge is 0.352 e. The second-order valence-electron chi connectivity index (χ2n) is 4.69. The molecule has 1 aliphatic rings. The number of hydrogen-bond acceptors (Lipinski definition) is 4. The van der Waals surface area contributed by atoms with Gasteiger partial charge in [0.2, 0.25) is 0 Å². The first-order chi connectivity index (χ1) is 10.4. The van der Waals surface area contributed by atoms with E-state index in [0.717, 1.165) is 6.07 Å². The van der Waals surface area contributed by atoms with Crippen LogP contribution in [0.3, 0.4) is 0 Å². The number of fused-ring (bicyclic) bond motifs is 1. The number of nitrogens with zero attached hydrogens (tertiary/aromatic N) is 1. The molecule has 22 heavy (non-hydrogen) atoms. The van der Waals surface area contributed by atoms with Crippen LogP contribution in [0.4, 0.5) is 26.0 Å². The van der Waals surface area contributed by atoms with Gasteiger partial charge in [-0.3, -0.25) is 9.59 Å². The number of halogens is 2. The molecule has 4 N–H and O–H groups in total. The summed E-state index contributed by atoms with van der Waals surface area (Å²) in [5.74, 6) is -5.43. The summed E-state index contributed by atoms with van der Waals surface area (Å²) in [5, 5.41) is 4.52. The van der Waals surface area contributed by atoms with E-state index in [1.807, 2.05) is 0 Å². The molecule has 1 aromatic heterocycles. The van der Waals surface area contributed by atoms with Crippen LogP contribution >= 0.6 is 0 Å². The van der Waals surface area contributed by atoms with E-state index in [0.29, 0.717) is 0 Å². The minimum Gasteiger partial charge on any atom is -0.384 e. The van der Waals surface area contributed by atoms with Crippen molar-refractivity contribution in [3.05, 3.63) is 47.7 Å². The van der Waals surface area contributed by atoms with E-state index in [1.54, 1.807) is 6.07 Å². The highest BCUT2D eigenvalue weighted by atomic mass is 19.3. The van der Waals surface area contributed by atoms with Crippen molar-refractivity contribution in [3.63, 3.8) is 0 Å². The zero-order valence-electron chi connectivity index (χ0n) is 11.1. The lowest BCUT2D eigenvalue weighted by Gasteiger charge is -2.09. The predicted octanol–water partition coefficient (Wildman–Crippen LogP) is 1.96. The molecule has 0 aliphatic carbocycles. The summed E-state index contributed by atoms with van der Waals surface area (Å²) in [6.45, 7) is 0. The van der Waals surface area contributed by atoms with Crippen LogP contribution in [0.2, 0.25) is 0 Å². The van der Waals surface area contributed by atoms with Crippen LogP contribution in [-0.4, -0.2) is 16.8 Å². The zero-order valence-corrected chi connectivity index (χ0v) is 11.1. The molecule has 0 bridgehead atoms. The Morgan fingerprint density at radius 1 is 1.27 bits per heavy atom. The Hall–Kier alpha value is -3.03. The van der Waals surface area contributed by atoms with Crippen LogP contribution in [0.5, 0.6) is 0 Å². The SMILES string of the molecule is Nc1cccc(C(=O)Nc2ccc3c(c2)C(F)(F)C(=O)N3)n1. The van der Waals surface area contributed by atoms with Gasteiger partial charge in [0.05, 0.1) is 11.3 Å². The van der Waals surface area contributed by atoms with E-state index in [9.17, 15) is 18.4 Å². The number of nitrogens with two attached hydrogens (primary N) is 1. The fourth-order valence-electron chi connectivity index (χ4n) is 2.09. The number of aromatic nitrogens is 1. The Balaban J connectivity index is 1.87. The molecule has 2 heterocycles. The Labute approximate surface area is 123 Å². The zero-order chi connectivity index (χ0) is 15.9. The topological polar surface area (TPSA) is 97.1 Å². The van der Waals surface area contributed by atoms with Crippen molar-refractivity contribution >= 4 is 29.0 Å². The molecule has 0 atom stereocenters. The maximum atomic E-state index is 13.7. The van der Waals surface area contributed by atoms with Crippen molar-refractivity contribution in [3.8, 4) is 0 Å². The predicted molar refractivity (Wildman–Crippen MR) is 75.6 cm³/mol.